The Labute approximate surface area is 107 Å². The Hall–Kier alpha value is -1.39. The van der Waals surface area contributed by atoms with Gasteiger partial charge in [0.25, 0.3) is 0 Å². The van der Waals surface area contributed by atoms with Crippen molar-refractivity contribution in [2.45, 2.75) is 52.1 Å². The summed E-state index contributed by atoms with van der Waals surface area (Å²) in [5.74, 6) is 2.95. The highest BCUT2D eigenvalue weighted by Crippen LogP contribution is 2.37. The molecule has 2 aliphatic rings. The molecule has 0 spiro atoms. The number of hydrogen-bond acceptors (Lipinski definition) is 3. The van der Waals surface area contributed by atoms with Gasteiger partial charge in [0, 0.05) is 18.9 Å². The van der Waals surface area contributed by atoms with Crippen LogP contribution < -0.4 is 5.32 Å². The minimum atomic E-state index is 0.175. The minimum Gasteiger partial charge on any atom is -0.349 e. The van der Waals surface area contributed by atoms with Crippen LogP contribution in [0.2, 0.25) is 0 Å². The van der Waals surface area contributed by atoms with E-state index in [2.05, 4.69) is 27.0 Å². The Morgan fingerprint density at radius 1 is 1.39 bits per heavy atom. The lowest BCUT2D eigenvalue weighted by Crippen LogP contribution is -2.26. The lowest BCUT2D eigenvalue weighted by molar-refractivity contribution is -0.122. The highest BCUT2D eigenvalue weighted by Gasteiger charge is 2.38. The third-order valence-electron chi connectivity index (χ3n) is 4.05. The zero-order chi connectivity index (χ0) is 12.5. The minimum absolute atomic E-state index is 0.175. The van der Waals surface area contributed by atoms with Crippen molar-refractivity contribution < 1.29 is 4.79 Å². The lowest BCUT2D eigenvalue weighted by Gasteiger charge is -2.07. The highest BCUT2D eigenvalue weighted by atomic mass is 16.2. The molecule has 2 unspecified atom stereocenters. The van der Waals surface area contributed by atoms with Crippen molar-refractivity contribution in [1.82, 2.24) is 20.1 Å². The SMILES string of the molecule is CC1CC1C(=O)NCc1nnc2n1CCCCC2. The third-order valence-corrected chi connectivity index (χ3v) is 4.05. The maximum absolute atomic E-state index is 11.8. The fraction of sp³-hybridized carbons (Fsp3) is 0.769. The summed E-state index contributed by atoms with van der Waals surface area (Å²) in [6.45, 7) is 3.63. The number of rotatable bonds is 3. The molecule has 1 fully saturated rings. The van der Waals surface area contributed by atoms with Crippen molar-refractivity contribution in [1.29, 1.82) is 0 Å². The van der Waals surface area contributed by atoms with Gasteiger partial charge in [-0.05, 0) is 25.2 Å². The van der Waals surface area contributed by atoms with Crippen LogP contribution in [-0.4, -0.2) is 20.7 Å². The van der Waals surface area contributed by atoms with Gasteiger partial charge in [0.05, 0.1) is 6.54 Å². The lowest BCUT2D eigenvalue weighted by atomic mass is 10.2. The number of nitrogens with one attached hydrogen (secondary N) is 1. The van der Waals surface area contributed by atoms with E-state index in [-0.39, 0.29) is 11.8 Å². The number of fused-ring (bicyclic) bond motifs is 1. The molecule has 1 aliphatic heterocycles. The van der Waals surface area contributed by atoms with E-state index in [9.17, 15) is 4.79 Å². The van der Waals surface area contributed by atoms with Crippen LogP contribution in [0.3, 0.4) is 0 Å². The summed E-state index contributed by atoms with van der Waals surface area (Å²) in [5.41, 5.74) is 0. The maximum Gasteiger partial charge on any atom is 0.223 e. The predicted octanol–water partition coefficient (Wildman–Crippen LogP) is 1.28. The summed E-state index contributed by atoms with van der Waals surface area (Å²) >= 11 is 0. The van der Waals surface area contributed by atoms with Crippen molar-refractivity contribution in [3.63, 3.8) is 0 Å². The van der Waals surface area contributed by atoms with Gasteiger partial charge in [0.1, 0.15) is 5.82 Å². The van der Waals surface area contributed by atoms with E-state index in [1.807, 2.05) is 0 Å². The van der Waals surface area contributed by atoms with Crippen LogP contribution in [0.25, 0.3) is 0 Å². The van der Waals surface area contributed by atoms with Gasteiger partial charge in [-0.2, -0.15) is 0 Å². The molecule has 1 saturated carbocycles. The molecule has 3 rings (SSSR count). The number of hydrogen-bond donors (Lipinski definition) is 1. The van der Waals surface area contributed by atoms with Gasteiger partial charge >= 0.3 is 0 Å². The quantitative estimate of drug-likeness (QED) is 0.876. The number of amides is 1. The second kappa shape index (κ2) is 4.71. The zero-order valence-electron chi connectivity index (χ0n) is 10.9. The van der Waals surface area contributed by atoms with Crippen LogP contribution in [0.5, 0.6) is 0 Å². The summed E-state index contributed by atoms with van der Waals surface area (Å²) in [6, 6.07) is 0. The van der Waals surface area contributed by atoms with E-state index < -0.39 is 0 Å². The topological polar surface area (TPSA) is 59.8 Å². The zero-order valence-corrected chi connectivity index (χ0v) is 10.9. The molecular weight excluding hydrogens is 228 g/mol. The molecule has 0 aromatic carbocycles. The van der Waals surface area contributed by atoms with E-state index >= 15 is 0 Å². The molecule has 0 saturated heterocycles. The fourth-order valence-electron chi connectivity index (χ4n) is 2.66. The van der Waals surface area contributed by atoms with E-state index in [4.69, 9.17) is 0 Å². The van der Waals surface area contributed by atoms with Gasteiger partial charge in [-0.15, -0.1) is 10.2 Å². The van der Waals surface area contributed by atoms with Gasteiger partial charge < -0.3 is 9.88 Å². The molecule has 0 radical (unpaired) electrons. The highest BCUT2D eigenvalue weighted by molar-refractivity contribution is 5.81. The molecule has 18 heavy (non-hydrogen) atoms. The van der Waals surface area contributed by atoms with Crippen LogP contribution in [0.15, 0.2) is 0 Å². The third kappa shape index (κ3) is 2.26. The molecule has 1 aromatic heterocycles. The number of nitrogens with zero attached hydrogens (tertiary/aromatic N) is 3. The maximum atomic E-state index is 11.8. The number of carbonyl (C=O) groups is 1. The Morgan fingerprint density at radius 2 is 2.22 bits per heavy atom. The smallest absolute Gasteiger partial charge is 0.223 e. The van der Waals surface area contributed by atoms with Gasteiger partial charge in [0.15, 0.2) is 5.82 Å². The average molecular weight is 248 g/mol. The Balaban J connectivity index is 1.62. The van der Waals surface area contributed by atoms with Crippen molar-refractivity contribution in [3.8, 4) is 0 Å². The van der Waals surface area contributed by atoms with Crippen LogP contribution >= 0.6 is 0 Å². The molecular formula is C13H20N4O. The van der Waals surface area contributed by atoms with Crippen LogP contribution in [0.4, 0.5) is 0 Å². The molecule has 98 valence electrons. The Kier molecular flexibility index (Phi) is 3.06. The largest absolute Gasteiger partial charge is 0.349 e. The monoisotopic (exact) mass is 248 g/mol. The molecule has 1 aliphatic carbocycles. The molecule has 2 heterocycles. The van der Waals surface area contributed by atoms with Crippen LogP contribution in [-0.2, 0) is 24.3 Å². The Bertz CT molecular complexity index is 454. The molecule has 5 nitrogen and oxygen atoms in total. The number of carbonyl (C=O) groups excluding carboxylic acids is 1. The molecule has 1 amide bonds. The predicted molar refractivity (Wildman–Crippen MR) is 66.7 cm³/mol. The van der Waals surface area contributed by atoms with Gasteiger partial charge in [0.2, 0.25) is 5.91 Å². The summed E-state index contributed by atoms with van der Waals surface area (Å²) in [4.78, 5) is 11.8. The summed E-state index contributed by atoms with van der Waals surface area (Å²) in [5, 5.41) is 11.4. The molecule has 0 bridgehead atoms. The van der Waals surface area contributed by atoms with E-state index in [1.54, 1.807) is 0 Å². The van der Waals surface area contributed by atoms with Crippen LogP contribution in [0, 0.1) is 11.8 Å². The number of aryl methyl sites for hydroxylation is 1. The second-order valence-electron chi connectivity index (χ2n) is 5.53. The van der Waals surface area contributed by atoms with Crippen molar-refractivity contribution in [2.75, 3.05) is 0 Å². The van der Waals surface area contributed by atoms with Crippen molar-refractivity contribution in [2.24, 2.45) is 11.8 Å². The van der Waals surface area contributed by atoms with E-state index in [0.29, 0.717) is 12.5 Å². The molecule has 1 N–H and O–H groups in total. The average Bonchev–Trinajstić information content (AvgIpc) is 3.05. The molecule has 1 aromatic rings. The summed E-state index contributed by atoms with van der Waals surface area (Å²) in [6.07, 6.45) is 5.69. The fourth-order valence-corrected chi connectivity index (χ4v) is 2.66. The number of aromatic nitrogens is 3. The normalized spacial score (nSPS) is 26.3. The van der Waals surface area contributed by atoms with E-state index in [0.717, 1.165) is 31.0 Å². The van der Waals surface area contributed by atoms with Gasteiger partial charge in [-0.25, -0.2) is 0 Å². The van der Waals surface area contributed by atoms with Crippen LogP contribution in [0.1, 0.15) is 44.3 Å². The summed E-state index contributed by atoms with van der Waals surface area (Å²) < 4.78 is 2.18. The summed E-state index contributed by atoms with van der Waals surface area (Å²) in [7, 11) is 0. The standard InChI is InChI=1S/C13H20N4O/c1-9-7-10(9)13(18)14-8-12-16-15-11-5-3-2-4-6-17(11)12/h9-10H,2-8H2,1H3,(H,14,18). The van der Waals surface area contributed by atoms with Crippen molar-refractivity contribution >= 4 is 5.91 Å². The first kappa shape index (κ1) is 11.7. The second-order valence-corrected chi connectivity index (χ2v) is 5.53. The molecule has 5 heteroatoms. The van der Waals surface area contributed by atoms with Gasteiger partial charge in [-0.1, -0.05) is 13.3 Å². The first-order chi connectivity index (χ1) is 8.75. The van der Waals surface area contributed by atoms with Crippen molar-refractivity contribution in [3.05, 3.63) is 11.6 Å². The first-order valence-corrected chi connectivity index (χ1v) is 6.94. The van der Waals surface area contributed by atoms with E-state index in [1.165, 1.54) is 19.3 Å². The molecule has 2 atom stereocenters. The Morgan fingerprint density at radius 3 is 3.00 bits per heavy atom. The van der Waals surface area contributed by atoms with Gasteiger partial charge in [-0.3, -0.25) is 4.79 Å². The first-order valence-electron chi connectivity index (χ1n) is 6.94.